The first kappa shape index (κ1) is 14.2. The van der Waals surface area contributed by atoms with Crippen LogP contribution in [-0.4, -0.2) is 25.7 Å². The van der Waals surface area contributed by atoms with Gasteiger partial charge in [0, 0.05) is 25.2 Å². The summed E-state index contributed by atoms with van der Waals surface area (Å²) in [5, 5.41) is 6.82. The second-order valence-corrected chi connectivity index (χ2v) is 6.25. The molecule has 0 amide bonds. The summed E-state index contributed by atoms with van der Waals surface area (Å²) in [5.41, 5.74) is 1.19. The number of hydrogen-bond donors (Lipinski definition) is 2. The Morgan fingerprint density at radius 1 is 1.33 bits per heavy atom. The molecular formula is C17H25N3O. The van der Waals surface area contributed by atoms with Crippen LogP contribution in [-0.2, 0) is 6.54 Å². The molecule has 0 aromatic heterocycles. The van der Waals surface area contributed by atoms with E-state index >= 15 is 0 Å². The molecule has 4 nitrogen and oxygen atoms in total. The van der Waals surface area contributed by atoms with Crippen molar-refractivity contribution in [2.75, 3.05) is 13.7 Å². The second kappa shape index (κ2) is 6.37. The molecule has 2 N–H and O–H groups in total. The zero-order valence-electron chi connectivity index (χ0n) is 12.9. The molecule has 0 spiro atoms. The SMILES string of the molecule is CN=C(NCc1ccccc1OCC1CC1)NC1CC1C. The van der Waals surface area contributed by atoms with Crippen LogP contribution in [0.15, 0.2) is 29.3 Å². The summed E-state index contributed by atoms with van der Waals surface area (Å²) in [6.07, 6.45) is 3.87. The third-order valence-corrected chi connectivity index (χ3v) is 4.25. The smallest absolute Gasteiger partial charge is 0.191 e. The Labute approximate surface area is 127 Å². The maximum Gasteiger partial charge on any atom is 0.191 e. The van der Waals surface area contributed by atoms with Gasteiger partial charge in [-0.1, -0.05) is 25.1 Å². The van der Waals surface area contributed by atoms with E-state index < -0.39 is 0 Å². The van der Waals surface area contributed by atoms with Gasteiger partial charge in [0.05, 0.1) is 6.61 Å². The first-order valence-electron chi connectivity index (χ1n) is 7.94. The lowest BCUT2D eigenvalue weighted by Gasteiger charge is -2.14. The number of hydrogen-bond acceptors (Lipinski definition) is 2. The molecule has 1 aromatic carbocycles. The van der Waals surface area contributed by atoms with Gasteiger partial charge in [-0.15, -0.1) is 0 Å². The molecule has 4 heteroatoms. The maximum atomic E-state index is 5.94. The molecule has 114 valence electrons. The number of para-hydroxylation sites is 1. The van der Waals surface area contributed by atoms with Crippen LogP contribution in [0.4, 0.5) is 0 Å². The Morgan fingerprint density at radius 3 is 2.76 bits per heavy atom. The average Bonchev–Trinajstić information content (AvgIpc) is 3.41. The van der Waals surface area contributed by atoms with Crippen molar-refractivity contribution in [3.8, 4) is 5.75 Å². The molecule has 2 unspecified atom stereocenters. The zero-order valence-corrected chi connectivity index (χ0v) is 12.9. The van der Waals surface area contributed by atoms with E-state index in [9.17, 15) is 0 Å². The summed E-state index contributed by atoms with van der Waals surface area (Å²) in [4.78, 5) is 4.29. The largest absolute Gasteiger partial charge is 0.493 e. The van der Waals surface area contributed by atoms with Gasteiger partial charge >= 0.3 is 0 Å². The van der Waals surface area contributed by atoms with Crippen molar-refractivity contribution in [3.63, 3.8) is 0 Å². The number of guanidine groups is 1. The molecule has 2 fully saturated rings. The van der Waals surface area contributed by atoms with Gasteiger partial charge < -0.3 is 15.4 Å². The van der Waals surface area contributed by atoms with Gasteiger partial charge in [-0.05, 0) is 37.2 Å². The molecule has 1 aromatic rings. The summed E-state index contributed by atoms with van der Waals surface area (Å²) in [6, 6.07) is 8.84. The molecule has 2 aliphatic carbocycles. The number of aliphatic imine (C=N–C) groups is 1. The molecule has 2 atom stereocenters. The number of nitrogens with zero attached hydrogens (tertiary/aromatic N) is 1. The van der Waals surface area contributed by atoms with Crippen LogP contribution in [0.3, 0.4) is 0 Å². The minimum atomic E-state index is 0.581. The molecule has 0 heterocycles. The van der Waals surface area contributed by atoms with E-state index in [2.05, 4.69) is 40.7 Å². The van der Waals surface area contributed by atoms with Crippen molar-refractivity contribution in [2.24, 2.45) is 16.8 Å². The van der Waals surface area contributed by atoms with Crippen molar-refractivity contribution in [1.29, 1.82) is 0 Å². The monoisotopic (exact) mass is 287 g/mol. The van der Waals surface area contributed by atoms with E-state index in [1.807, 2.05) is 13.1 Å². The first-order chi connectivity index (χ1) is 10.3. The third kappa shape index (κ3) is 4.13. The van der Waals surface area contributed by atoms with Crippen molar-refractivity contribution >= 4 is 5.96 Å². The van der Waals surface area contributed by atoms with E-state index in [4.69, 9.17) is 4.74 Å². The second-order valence-electron chi connectivity index (χ2n) is 6.25. The Morgan fingerprint density at radius 2 is 2.10 bits per heavy atom. The van der Waals surface area contributed by atoms with Crippen LogP contribution in [0.5, 0.6) is 5.75 Å². The van der Waals surface area contributed by atoms with Gasteiger partial charge in [0.25, 0.3) is 0 Å². The quantitative estimate of drug-likeness (QED) is 0.624. The predicted octanol–water partition coefficient (Wildman–Crippen LogP) is 2.55. The molecule has 3 rings (SSSR count). The normalized spacial score (nSPS) is 24.6. The van der Waals surface area contributed by atoms with Gasteiger partial charge in [0.1, 0.15) is 5.75 Å². The minimum absolute atomic E-state index is 0.581. The fourth-order valence-corrected chi connectivity index (χ4v) is 2.36. The molecule has 0 saturated heterocycles. The molecular weight excluding hydrogens is 262 g/mol. The highest BCUT2D eigenvalue weighted by atomic mass is 16.5. The Hall–Kier alpha value is -1.71. The van der Waals surface area contributed by atoms with Crippen LogP contribution in [0, 0.1) is 11.8 Å². The van der Waals surface area contributed by atoms with E-state index in [1.165, 1.54) is 24.8 Å². The fraction of sp³-hybridized carbons (Fsp3) is 0.588. The first-order valence-corrected chi connectivity index (χ1v) is 7.94. The van der Waals surface area contributed by atoms with Crippen LogP contribution >= 0.6 is 0 Å². The Balaban J connectivity index is 1.53. The van der Waals surface area contributed by atoms with Gasteiger partial charge in [0.15, 0.2) is 5.96 Å². The zero-order chi connectivity index (χ0) is 14.7. The van der Waals surface area contributed by atoms with E-state index in [-0.39, 0.29) is 0 Å². The lowest BCUT2D eigenvalue weighted by molar-refractivity contribution is 0.296. The van der Waals surface area contributed by atoms with Crippen LogP contribution in [0.25, 0.3) is 0 Å². The highest BCUT2D eigenvalue weighted by Crippen LogP contribution is 2.30. The van der Waals surface area contributed by atoms with E-state index in [0.717, 1.165) is 36.7 Å². The molecule has 2 aliphatic rings. The Kier molecular flexibility index (Phi) is 4.32. The number of ether oxygens (including phenoxy) is 1. The lowest BCUT2D eigenvalue weighted by Crippen LogP contribution is -2.38. The number of nitrogens with one attached hydrogen (secondary N) is 2. The lowest BCUT2D eigenvalue weighted by atomic mass is 10.2. The molecule has 0 radical (unpaired) electrons. The topological polar surface area (TPSA) is 45.7 Å². The van der Waals surface area contributed by atoms with Gasteiger partial charge in [-0.2, -0.15) is 0 Å². The molecule has 0 bridgehead atoms. The summed E-state index contributed by atoms with van der Waals surface area (Å²) in [7, 11) is 1.82. The van der Waals surface area contributed by atoms with Crippen molar-refractivity contribution in [2.45, 2.75) is 38.8 Å². The Bertz CT molecular complexity index is 511. The van der Waals surface area contributed by atoms with Crippen LogP contribution < -0.4 is 15.4 Å². The maximum absolute atomic E-state index is 5.94. The standard InChI is InChI=1S/C17H25N3O/c1-12-9-15(12)20-17(18-2)19-10-14-5-3-4-6-16(14)21-11-13-7-8-13/h3-6,12-13,15H,7-11H2,1-2H3,(H2,18,19,20). The summed E-state index contributed by atoms with van der Waals surface area (Å²) < 4.78 is 5.94. The highest BCUT2D eigenvalue weighted by molar-refractivity contribution is 5.80. The number of rotatable bonds is 6. The third-order valence-electron chi connectivity index (χ3n) is 4.25. The highest BCUT2D eigenvalue weighted by Gasteiger charge is 2.33. The predicted molar refractivity (Wildman–Crippen MR) is 85.6 cm³/mol. The van der Waals surface area contributed by atoms with Crippen molar-refractivity contribution < 1.29 is 4.74 Å². The molecule has 21 heavy (non-hydrogen) atoms. The van der Waals surface area contributed by atoms with E-state index in [0.29, 0.717) is 6.04 Å². The van der Waals surface area contributed by atoms with Crippen molar-refractivity contribution in [3.05, 3.63) is 29.8 Å². The minimum Gasteiger partial charge on any atom is -0.493 e. The summed E-state index contributed by atoms with van der Waals surface area (Å²) in [5.74, 6) is 3.41. The van der Waals surface area contributed by atoms with Crippen molar-refractivity contribution in [1.82, 2.24) is 10.6 Å². The fourth-order valence-electron chi connectivity index (χ4n) is 2.36. The van der Waals surface area contributed by atoms with E-state index in [1.54, 1.807) is 0 Å². The summed E-state index contributed by atoms with van der Waals surface area (Å²) >= 11 is 0. The molecule has 2 saturated carbocycles. The number of benzene rings is 1. The van der Waals surface area contributed by atoms with Crippen LogP contribution in [0.2, 0.25) is 0 Å². The van der Waals surface area contributed by atoms with Gasteiger partial charge in [0.2, 0.25) is 0 Å². The van der Waals surface area contributed by atoms with Gasteiger partial charge in [-0.3, -0.25) is 4.99 Å². The van der Waals surface area contributed by atoms with Crippen LogP contribution in [0.1, 0.15) is 31.7 Å². The molecule has 0 aliphatic heterocycles. The van der Waals surface area contributed by atoms with Gasteiger partial charge in [-0.25, -0.2) is 0 Å². The average molecular weight is 287 g/mol. The summed E-state index contributed by atoms with van der Waals surface area (Å²) in [6.45, 7) is 3.84.